The standard InChI is InChI=1S/C17H29N3O/c1-15(2)20-17(18-3)19-12-7-8-13-21-14-11-16-9-5-4-6-10-16/h4-6,9-10,15H,7-8,11-14H2,1-3H3,(H2,18,19,20). The van der Waals surface area contributed by atoms with E-state index in [0.717, 1.165) is 45.0 Å². The first kappa shape index (κ1) is 17.5. The van der Waals surface area contributed by atoms with Crippen LogP contribution >= 0.6 is 0 Å². The van der Waals surface area contributed by atoms with Crippen molar-refractivity contribution in [2.75, 3.05) is 26.8 Å². The number of ether oxygens (including phenoxy) is 1. The fraction of sp³-hybridized carbons (Fsp3) is 0.588. The summed E-state index contributed by atoms with van der Waals surface area (Å²) >= 11 is 0. The van der Waals surface area contributed by atoms with Gasteiger partial charge in [0.1, 0.15) is 0 Å². The van der Waals surface area contributed by atoms with Crippen molar-refractivity contribution in [3.8, 4) is 0 Å². The first-order valence-corrected chi connectivity index (χ1v) is 7.81. The molecule has 118 valence electrons. The monoisotopic (exact) mass is 291 g/mol. The molecule has 4 nitrogen and oxygen atoms in total. The van der Waals surface area contributed by atoms with Crippen LogP contribution in [0.5, 0.6) is 0 Å². The minimum Gasteiger partial charge on any atom is -0.381 e. The molecule has 4 heteroatoms. The summed E-state index contributed by atoms with van der Waals surface area (Å²) in [6.45, 7) is 6.76. The zero-order valence-electron chi connectivity index (χ0n) is 13.6. The quantitative estimate of drug-likeness (QED) is 0.418. The second kappa shape index (κ2) is 11.1. The largest absolute Gasteiger partial charge is 0.381 e. The van der Waals surface area contributed by atoms with E-state index in [4.69, 9.17) is 4.74 Å². The molecule has 0 bridgehead atoms. The van der Waals surface area contributed by atoms with Crippen molar-refractivity contribution in [2.24, 2.45) is 4.99 Å². The molecule has 1 aromatic rings. The van der Waals surface area contributed by atoms with Crippen LogP contribution in [0.4, 0.5) is 0 Å². The molecule has 0 spiro atoms. The smallest absolute Gasteiger partial charge is 0.191 e. The Balaban J connectivity index is 1.95. The Bertz CT molecular complexity index is 390. The Morgan fingerprint density at radius 1 is 1.14 bits per heavy atom. The summed E-state index contributed by atoms with van der Waals surface area (Å²) in [5.74, 6) is 0.870. The van der Waals surface area contributed by atoms with Crippen molar-refractivity contribution in [2.45, 2.75) is 39.2 Å². The molecular formula is C17H29N3O. The molecule has 1 aromatic carbocycles. The van der Waals surface area contributed by atoms with Crippen LogP contribution in [-0.2, 0) is 11.2 Å². The number of nitrogens with one attached hydrogen (secondary N) is 2. The molecule has 0 heterocycles. The highest BCUT2D eigenvalue weighted by molar-refractivity contribution is 5.79. The minimum absolute atomic E-state index is 0.400. The number of aliphatic imine (C=N–C) groups is 1. The van der Waals surface area contributed by atoms with Crippen LogP contribution in [0.25, 0.3) is 0 Å². The summed E-state index contributed by atoms with van der Waals surface area (Å²) in [5, 5.41) is 6.57. The molecule has 0 fully saturated rings. The second-order valence-electron chi connectivity index (χ2n) is 5.35. The molecule has 0 aliphatic heterocycles. The van der Waals surface area contributed by atoms with Gasteiger partial charge >= 0.3 is 0 Å². The molecule has 0 unspecified atom stereocenters. The highest BCUT2D eigenvalue weighted by Gasteiger charge is 1.98. The normalized spacial score (nSPS) is 11.7. The molecule has 0 saturated carbocycles. The van der Waals surface area contributed by atoms with Crippen LogP contribution < -0.4 is 10.6 Å². The number of benzene rings is 1. The Hall–Kier alpha value is -1.55. The number of rotatable bonds is 9. The second-order valence-corrected chi connectivity index (χ2v) is 5.35. The van der Waals surface area contributed by atoms with Gasteiger partial charge in [0, 0.05) is 26.2 Å². The van der Waals surface area contributed by atoms with E-state index in [2.05, 4.69) is 53.7 Å². The Labute approximate surface area is 129 Å². The Morgan fingerprint density at radius 3 is 2.57 bits per heavy atom. The lowest BCUT2D eigenvalue weighted by atomic mass is 10.2. The number of hydrogen-bond donors (Lipinski definition) is 2. The van der Waals surface area contributed by atoms with Crippen molar-refractivity contribution in [1.29, 1.82) is 0 Å². The van der Waals surface area contributed by atoms with Crippen molar-refractivity contribution in [3.63, 3.8) is 0 Å². The molecular weight excluding hydrogens is 262 g/mol. The lowest BCUT2D eigenvalue weighted by molar-refractivity contribution is 0.133. The predicted octanol–water partition coefficient (Wildman–Crippen LogP) is 2.60. The molecule has 21 heavy (non-hydrogen) atoms. The molecule has 0 amide bonds. The lowest BCUT2D eigenvalue weighted by Gasteiger charge is -2.14. The highest BCUT2D eigenvalue weighted by Crippen LogP contribution is 2.00. The van der Waals surface area contributed by atoms with Gasteiger partial charge in [0.05, 0.1) is 6.61 Å². The average Bonchev–Trinajstić information content (AvgIpc) is 2.49. The maximum atomic E-state index is 5.66. The van der Waals surface area contributed by atoms with Crippen LogP contribution in [0.3, 0.4) is 0 Å². The van der Waals surface area contributed by atoms with E-state index >= 15 is 0 Å². The zero-order chi connectivity index (χ0) is 15.3. The van der Waals surface area contributed by atoms with Crippen LogP contribution in [0.15, 0.2) is 35.3 Å². The van der Waals surface area contributed by atoms with Gasteiger partial charge in [-0.2, -0.15) is 0 Å². The molecule has 0 atom stereocenters. The maximum absolute atomic E-state index is 5.66. The van der Waals surface area contributed by atoms with Crippen LogP contribution in [-0.4, -0.2) is 38.8 Å². The van der Waals surface area contributed by atoms with Crippen molar-refractivity contribution >= 4 is 5.96 Å². The molecule has 2 N–H and O–H groups in total. The van der Waals surface area contributed by atoms with Crippen molar-refractivity contribution in [3.05, 3.63) is 35.9 Å². The van der Waals surface area contributed by atoms with Crippen LogP contribution in [0.1, 0.15) is 32.3 Å². The van der Waals surface area contributed by atoms with E-state index in [1.54, 1.807) is 7.05 Å². The van der Waals surface area contributed by atoms with E-state index in [0.29, 0.717) is 6.04 Å². The molecule has 0 radical (unpaired) electrons. The fourth-order valence-electron chi connectivity index (χ4n) is 1.94. The van der Waals surface area contributed by atoms with Crippen molar-refractivity contribution < 1.29 is 4.74 Å². The van der Waals surface area contributed by atoms with Gasteiger partial charge < -0.3 is 15.4 Å². The third-order valence-corrected chi connectivity index (χ3v) is 3.03. The SMILES string of the molecule is CN=C(NCCCCOCCc1ccccc1)NC(C)C. The van der Waals surface area contributed by atoms with Gasteiger partial charge in [0.2, 0.25) is 0 Å². The summed E-state index contributed by atoms with van der Waals surface area (Å²) in [6.07, 6.45) is 3.15. The number of guanidine groups is 1. The summed E-state index contributed by atoms with van der Waals surface area (Å²) in [5.41, 5.74) is 1.34. The van der Waals surface area contributed by atoms with Crippen molar-refractivity contribution in [1.82, 2.24) is 10.6 Å². The average molecular weight is 291 g/mol. The van der Waals surface area contributed by atoms with Crippen LogP contribution in [0, 0.1) is 0 Å². The predicted molar refractivity (Wildman–Crippen MR) is 89.8 cm³/mol. The van der Waals surface area contributed by atoms with Gasteiger partial charge in [-0.05, 0) is 38.7 Å². The summed E-state index contributed by atoms with van der Waals surface area (Å²) in [6, 6.07) is 10.9. The Morgan fingerprint density at radius 2 is 1.90 bits per heavy atom. The van der Waals surface area contributed by atoms with Gasteiger partial charge in [-0.3, -0.25) is 4.99 Å². The summed E-state index contributed by atoms with van der Waals surface area (Å²) in [4.78, 5) is 4.17. The molecule has 0 aromatic heterocycles. The summed E-state index contributed by atoms with van der Waals surface area (Å²) in [7, 11) is 1.80. The van der Waals surface area contributed by atoms with Crippen LogP contribution in [0.2, 0.25) is 0 Å². The van der Waals surface area contributed by atoms with Gasteiger partial charge in [-0.15, -0.1) is 0 Å². The lowest BCUT2D eigenvalue weighted by Crippen LogP contribution is -2.41. The van der Waals surface area contributed by atoms with Gasteiger partial charge in [-0.25, -0.2) is 0 Å². The van der Waals surface area contributed by atoms with E-state index in [9.17, 15) is 0 Å². The van der Waals surface area contributed by atoms with E-state index in [-0.39, 0.29) is 0 Å². The van der Waals surface area contributed by atoms with Gasteiger partial charge in [0.15, 0.2) is 5.96 Å². The molecule has 0 saturated heterocycles. The topological polar surface area (TPSA) is 45.7 Å². The Kier molecular flexibility index (Phi) is 9.29. The summed E-state index contributed by atoms with van der Waals surface area (Å²) < 4.78 is 5.66. The number of unbranched alkanes of at least 4 members (excludes halogenated alkanes) is 1. The zero-order valence-corrected chi connectivity index (χ0v) is 13.6. The van der Waals surface area contributed by atoms with Gasteiger partial charge in [-0.1, -0.05) is 30.3 Å². The van der Waals surface area contributed by atoms with E-state index in [1.807, 2.05) is 6.07 Å². The number of nitrogens with zero attached hydrogens (tertiary/aromatic N) is 1. The minimum atomic E-state index is 0.400. The molecule has 0 aliphatic carbocycles. The fourth-order valence-corrected chi connectivity index (χ4v) is 1.94. The third-order valence-electron chi connectivity index (χ3n) is 3.03. The van der Waals surface area contributed by atoms with E-state index < -0.39 is 0 Å². The first-order valence-electron chi connectivity index (χ1n) is 7.81. The molecule has 0 aliphatic rings. The van der Waals surface area contributed by atoms with E-state index in [1.165, 1.54) is 5.56 Å². The third kappa shape index (κ3) is 9.08. The number of hydrogen-bond acceptors (Lipinski definition) is 2. The highest BCUT2D eigenvalue weighted by atomic mass is 16.5. The molecule has 1 rings (SSSR count). The van der Waals surface area contributed by atoms with Gasteiger partial charge in [0.25, 0.3) is 0 Å². The maximum Gasteiger partial charge on any atom is 0.191 e. The first-order chi connectivity index (χ1) is 10.2.